The Morgan fingerprint density at radius 3 is 2.59 bits per heavy atom. The number of ether oxygens (including phenoxy) is 1. The maximum atomic E-state index is 13.3. The van der Waals surface area contributed by atoms with E-state index in [0.29, 0.717) is 16.7 Å². The molecule has 1 unspecified atom stereocenters. The Morgan fingerprint density at radius 1 is 1.53 bits per heavy atom. The van der Waals surface area contributed by atoms with Crippen molar-refractivity contribution in [2.24, 2.45) is 0 Å². The molecule has 0 saturated carbocycles. The van der Waals surface area contributed by atoms with E-state index in [0.717, 1.165) is 0 Å². The lowest BCUT2D eigenvalue weighted by Crippen LogP contribution is -2.15. The highest BCUT2D eigenvalue weighted by molar-refractivity contribution is 8.00. The number of thioether (sulfide) groups is 1. The van der Waals surface area contributed by atoms with Gasteiger partial charge in [-0.25, -0.2) is 9.18 Å². The number of alkyl halides is 1. The van der Waals surface area contributed by atoms with Crippen LogP contribution in [0.1, 0.15) is 6.92 Å². The molecule has 0 bridgehead atoms. The molecule has 0 amide bonds. The van der Waals surface area contributed by atoms with E-state index in [9.17, 15) is 19.3 Å². The smallest absolute Gasteiger partial charge is 0.351 e. The van der Waals surface area contributed by atoms with Gasteiger partial charge in [0.05, 0.1) is 11.5 Å². The lowest BCUT2D eigenvalue weighted by atomic mass is 10.3. The molecule has 0 aliphatic heterocycles. The van der Waals surface area contributed by atoms with Crippen molar-refractivity contribution in [1.82, 2.24) is 0 Å². The number of nitro benzene ring substituents is 1. The number of carbonyl (C=O) groups is 1. The molecule has 0 spiro atoms. The maximum Gasteiger partial charge on any atom is 0.351 e. The van der Waals surface area contributed by atoms with Crippen molar-refractivity contribution in [3.05, 3.63) is 34.4 Å². The van der Waals surface area contributed by atoms with E-state index in [1.54, 1.807) is 6.92 Å². The summed E-state index contributed by atoms with van der Waals surface area (Å²) >= 11 is 0.648. The van der Waals surface area contributed by atoms with Crippen LogP contribution in [0.5, 0.6) is 0 Å². The van der Waals surface area contributed by atoms with Gasteiger partial charge in [-0.1, -0.05) is 11.8 Å². The summed E-state index contributed by atoms with van der Waals surface area (Å²) in [5, 5.41) is 10.4. The van der Waals surface area contributed by atoms with Gasteiger partial charge in [-0.3, -0.25) is 10.1 Å². The SMILES string of the molecule is CCOC(=O)C(F)Sc1ccc([N+](=O)[O-])cc1. The summed E-state index contributed by atoms with van der Waals surface area (Å²) in [5.41, 5.74) is -1.91. The Kier molecular flexibility index (Phi) is 4.89. The van der Waals surface area contributed by atoms with Crippen LogP contribution < -0.4 is 0 Å². The molecular formula is C10H10FNO4S. The summed E-state index contributed by atoms with van der Waals surface area (Å²) in [7, 11) is 0. The molecule has 0 radical (unpaired) electrons. The molecule has 5 nitrogen and oxygen atoms in total. The second-order valence-electron chi connectivity index (χ2n) is 2.94. The van der Waals surface area contributed by atoms with Crippen LogP contribution in [0.4, 0.5) is 10.1 Å². The van der Waals surface area contributed by atoms with Crippen molar-refractivity contribution in [3.63, 3.8) is 0 Å². The van der Waals surface area contributed by atoms with Crippen LogP contribution in [0.25, 0.3) is 0 Å². The molecular weight excluding hydrogens is 249 g/mol. The van der Waals surface area contributed by atoms with Gasteiger partial charge in [0.15, 0.2) is 0 Å². The number of halogens is 1. The minimum absolute atomic E-state index is 0.0825. The molecule has 17 heavy (non-hydrogen) atoms. The predicted molar refractivity (Wildman–Crippen MR) is 60.5 cm³/mol. The fraction of sp³-hybridized carbons (Fsp3) is 0.300. The fourth-order valence-corrected chi connectivity index (χ4v) is 1.72. The van der Waals surface area contributed by atoms with E-state index in [-0.39, 0.29) is 12.3 Å². The van der Waals surface area contributed by atoms with Crippen molar-refractivity contribution in [2.45, 2.75) is 17.3 Å². The highest BCUT2D eigenvalue weighted by Gasteiger charge is 2.20. The third kappa shape index (κ3) is 4.03. The van der Waals surface area contributed by atoms with Gasteiger partial charge in [-0.2, -0.15) is 0 Å². The molecule has 1 aromatic rings. The van der Waals surface area contributed by atoms with Crippen molar-refractivity contribution >= 4 is 23.4 Å². The minimum atomic E-state index is -1.82. The zero-order valence-corrected chi connectivity index (χ0v) is 9.78. The van der Waals surface area contributed by atoms with Crippen molar-refractivity contribution in [1.29, 1.82) is 0 Å². The zero-order valence-electron chi connectivity index (χ0n) is 8.96. The number of carbonyl (C=O) groups excluding carboxylic acids is 1. The lowest BCUT2D eigenvalue weighted by molar-refractivity contribution is -0.384. The van der Waals surface area contributed by atoms with Crippen LogP contribution >= 0.6 is 11.8 Å². The van der Waals surface area contributed by atoms with Gasteiger partial charge in [-0.05, 0) is 19.1 Å². The molecule has 0 heterocycles. The van der Waals surface area contributed by atoms with Gasteiger partial charge in [0.2, 0.25) is 5.50 Å². The van der Waals surface area contributed by atoms with Gasteiger partial charge in [0.25, 0.3) is 5.69 Å². The Hall–Kier alpha value is -1.63. The monoisotopic (exact) mass is 259 g/mol. The fourth-order valence-electron chi connectivity index (χ4n) is 1.02. The average Bonchev–Trinajstić information content (AvgIpc) is 2.30. The van der Waals surface area contributed by atoms with Crippen molar-refractivity contribution < 1.29 is 18.8 Å². The third-order valence-corrected chi connectivity index (χ3v) is 2.70. The van der Waals surface area contributed by atoms with Crippen LogP contribution in [0.3, 0.4) is 0 Å². The number of rotatable bonds is 5. The molecule has 0 N–H and O–H groups in total. The molecule has 0 fully saturated rings. The van der Waals surface area contributed by atoms with Crippen LogP contribution in [0.2, 0.25) is 0 Å². The normalized spacial score (nSPS) is 11.9. The molecule has 1 atom stereocenters. The van der Waals surface area contributed by atoms with Gasteiger partial charge < -0.3 is 4.74 Å². The first-order valence-corrected chi connectivity index (χ1v) is 5.64. The summed E-state index contributed by atoms with van der Waals surface area (Å²) < 4.78 is 17.8. The number of hydrogen-bond acceptors (Lipinski definition) is 5. The minimum Gasteiger partial charge on any atom is -0.463 e. The number of nitrogens with zero attached hydrogens (tertiary/aromatic N) is 1. The van der Waals surface area contributed by atoms with E-state index >= 15 is 0 Å². The van der Waals surface area contributed by atoms with E-state index in [4.69, 9.17) is 0 Å². The largest absolute Gasteiger partial charge is 0.463 e. The van der Waals surface area contributed by atoms with Crippen LogP contribution in [0.15, 0.2) is 29.2 Å². The predicted octanol–water partition coefficient (Wildman–Crippen LogP) is 2.55. The standard InChI is InChI=1S/C10H10FNO4S/c1-2-16-10(13)9(11)17-8-5-3-7(4-6-8)12(14)15/h3-6,9H,2H2,1H3. The Morgan fingerprint density at radius 2 is 2.12 bits per heavy atom. The Bertz CT molecular complexity index is 409. The molecule has 1 aromatic carbocycles. The van der Waals surface area contributed by atoms with Crippen molar-refractivity contribution in [3.8, 4) is 0 Å². The van der Waals surface area contributed by atoms with Crippen LogP contribution in [-0.2, 0) is 9.53 Å². The van der Waals surface area contributed by atoms with E-state index in [1.165, 1.54) is 24.3 Å². The zero-order chi connectivity index (χ0) is 12.8. The van der Waals surface area contributed by atoms with Crippen LogP contribution in [0, 0.1) is 10.1 Å². The molecule has 0 saturated heterocycles. The van der Waals surface area contributed by atoms with Gasteiger partial charge in [0, 0.05) is 17.0 Å². The van der Waals surface area contributed by atoms with E-state index in [1.807, 2.05) is 0 Å². The van der Waals surface area contributed by atoms with E-state index in [2.05, 4.69) is 4.74 Å². The number of nitro groups is 1. The van der Waals surface area contributed by atoms with Gasteiger partial charge in [-0.15, -0.1) is 0 Å². The highest BCUT2D eigenvalue weighted by Crippen LogP contribution is 2.26. The Labute approximate surface area is 101 Å². The highest BCUT2D eigenvalue weighted by atomic mass is 32.2. The van der Waals surface area contributed by atoms with Crippen molar-refractivity contribution in [2.75, 3.05) is 6.61 Å². The third-order valence-electron chi connectivity index (χ3n) is 1.76. The molecule has 0 aromatic heterocycles. The molecule has 1 rings (SSSR count). The molecule has 92 valence electrons. The second-order valence-corrected chi connectivity index (χ2v) is 4.06. The van der Waals surface area contributed by atoms with Gasteiger partial charge >= 0.3 is 5.97 Å². The first kappa shape index (κ1) is 13.4. The second kappa shape index (κ2) is 6.19. The molecule has 0 aliphatic rings. The number of esters is 1. The molecule has 7 heteroatoms. The van der Waals surface area contributed by atoms with E-state index < -0.39 is 16.4 Å². The lowest BCUT2D eigenvalue weighted by Gasteiger charge is -2.06. The first-order valence-electron chi connectivity index (χ1n) is 4.76. The number of benzene rings is 1. The summed E-state index contributed by atoms with van der Waals surface area (Å²) in [6.45, 7) is 1.70. The summed E-state index contributed by atoms with van der Waals surface area (Å²) in [5.74, 6) is -0.948. The average molecular weight is 259 g/mol. The van der Waals surface area contributed by atoms with Gasteiger partial charge in [0.1, 0.15) is 0 Å². The number of non-ortho nitro benzene ring substituents is 1. The maximum absolute atomic E-state index is 13.3. The topological polar surface area (TPSA) is 69.4 Å². The quantitative estimate of drug-likeness (QED) is 0.352. The van der Waals surface area contributed by atoms with Crippen LogP contribution in [-0.4, -0.2) is 23.0 Å². The summed E-state index contributed by atoms with van der Waals surface area (Å²) in [6.07, 6.45) is 0. The molecule has 0 aliphatic carbocycles. The summed E-state index contributed by atoms with van der Waals surface area (Å²) in [6, 6.07) is 5.27. The Balaban J connectivity index is 2.63. The first-order chi connectivity index (χ1) is 8.04. The summed E-state index contributed by atoms with van der Waals surface area (Å²) in [4.78, 5) is 21.3. The number of hydrogen-bond donors (Lipinski definition) is 0.